The Morgan fingerprint density at radius 2 is 1.90 bits per heavy atom. The van der Waals surface area contributed by atoms with E-state index in [0.29, 0.717) is 4.68 Å². The van der Waals surface area contributed by atoms with E-state index in [9.17, 15) is 17.6 Å². The lowest BCUT2D eigenvalue weighted by Gasteiger charge is -2.12. The maximum absolute atomic E-state index is 12.8. The van der Waals surface area contributed by atoms with Crippen LogP contribution in [0.2, 0.25) is 0 Å². The summed E-state index contributed by atoms with van der Waals surface area (Å²) >= 11 is 1.08. The molecule has 0 spiro atoms. The predicted octanol–water partition coefficient (Wildman–Crippen LogP) is 3.23. The third-order valence-corrected chi connectivity index (χ3v) is 3.58. The fourth-order valence-corrected chi connectivity index (χ4v) is 2.43. The van der Waals surface area contributed by atoms with E-state index < -0.39 is 12.7 Å². The Hall–Kier alpha value is -1.64. The summed E-state index contributed by atoms with van der Waals surface area (Å²) in [6.07, 6.45) is -4.39. The number of hydrogen-bond acceptors (Lipinski definition) is 4. The van der Waals surface area contributed by atoms with Crippen molar-refractivity contribution in [1.82, 2.24) is 20.2 Å². The molecule has 9 heteroatoms. The molecule has 1 aromatic heterocycles. The van der Waals surface area contributed by atoms with Gasteiger partial charge in [-0.1, -0.05) is 23.9 Å². The molecule has 0 fully saturated rings. The first-order valence-corrected chi connectivity index (χ1v) is 6.48. The van der Waals surface area contributed by atoms with Gasteiger partial charge < -0.3 is 0 Å². The molecule has 2 rings (SSSR count). The summed E-state index contributed by atoms with van der Waals surface area (Å²) in [6, 6.07) is 5.74. The van der Waals surface area contributed by atoms with Crippen LogP contribution in [0, 0.1) is 5.82 Å². The van der Waals surface area contributed by atoms with Crippen molar-refractivity contribution in [3.63, 3.8) is 0 Å². The first kappa shape index (κ1) is 14.8. The molecule has 1 heterocycles. The van der Waals surface area contributed by atoms with Crippen LogP contribution in [0.1, 0.15) is 17.7 Å². The Bertz CT molecular complexity index is 567. The van der Waals surface area contributed by atoms with Gasteiger partial charge in [-0.05, 0) is 35.0 Å². The van der Waals surface area contributed by atoms with E-state index in [1.165, 1.54) is 12.1 Å². The molecular weight excluding hydrogens is 296 g/mol. The zero-order valence-electron chi connectivity index (χ0n) is 10.3. The van der Waals surface area contributed by atoms with Crippen LogP contribution in [0.5, 0.6) is 0 Å². The van der Waals surface area contributed by atoms with Crippen LogP contribution in [0.15, 0.2) is 29.4 Å². The highest BCUT2D eigenvalue weighted by Gasteiger charge is 2.30. The van der Waals surface area contributed by atoms with E-state index in [-0.39, 0.29) is 16.2 Å². The van der Waals surface area contributed by atoms with Crippen LogP contribution in [0.4, 0.5) is 17.6 Å². The van der Waals surface area contributed by atoms with E-state index in [4.69, 9.17) is 0 Å². The van der Waals surface area contributed by atoms with Gasteiger partial charge >= 0.3 is 6.18 Å². The second kappa shape index (κ2) is 5.78. The van der Waals surface area contributed by atoms with Crippen molar-refractivity contribution in [3.8, 4) is 0 Å². The van der Waals surface area contributed by atoms with Crippen molar-refractivity contribution in [2.45, 2.75) is 30.1 Å². The second-order valence-electron chi connectivity index (χ2n) is 4.05. The van der Waals surface area contributed by atoms with E-state index in [0.717, 1.165) is 17.3 Å². The van der Waals surface area contributed by atoms with Crippen LogP contribution >= 0.6 is 11.8 Å². The highest BCUT2D eigenvalue weighted by Crippen LogP contribution is 2.33. The molecule has 0 amide bonds. The molecule has 20 heavy (non-hydrogen) atoms. The van der Waals surface area contributed by atoms with Gasteiger partial charge in [0.15, 0.2) is 0 Å². The number of aromatic nitrogens is 4. The number of benzene rings is 1. The Morgan fingerprint density at radius 3 is 2.50 bits per heavy atom. The van der Waals surface area contributed by atoms with Crippen molar-refractivity contribution in [3.05, 3.63) is 35.6 Å². The molecule has 0 aliphatic rings. The van der Waals surface area contributed by atoms with Crippen molar-refractivity contribution in [1.29, 1.82) is 0 Å². The first-order valence-electron chi connectivity index (χ1n) is 5.60. The van der Waals surface area contributed by atoms with Gasteiger partial charge in [-0.15, -0.1) is 5.10 Å². The number of thioether (sulfide) groups is 1. The van der Waals surface area contributed by atoms with Crippen LogP contribution in [0.25, 0.3) is 0 Å². The van der Waals surface area contributed by atoms with Gasteiger partial charge in [0.05, 0.1) is 0 Å². The average molecular weight is 306 g/mol. The van der Waals surface area contributed by atoms with Crippen molar-refractivity contribution < 1.29 is 17.6 Å². The fourth-order valence-electron chi connectivity index (χ4n) is 1.51. The van der Waals surface area contributed by atoms with Crippen molar-refractivity contribution in [2.75, 3.05) is 0 Å². The summed E-state index contributed by atoms with van der Waals surface area (Å²) in [5.41, 5.74) is 0.776. The van der Waals surface area contributed by atoms with Gasteiger partial charge in [-0.25, -0.2) is 9.07 Å². The molecule has 1 aromatic carbocycles. The van der Waals surface area contributed by atoms with Gasteiger partial charge in [0, 0.05) is 5.25 Å². The minimum atomic E-state index is -4.39. The molecule has 0 saturated heterocycles. The largest absolute Gasteiger partial charge is 0.408 e. The molecule has 0 saturated carbocycles. The summed E-state index contributed by atoms with van der Waals surface area (Å²) < 4.78 is 50.5. The summed E-state index contributed by atoms with van der Waals surface area (Å²) in [5.74, 6) is -0.368. The third kappa shape index (κ3) is 3.92. The smallest absolute Gasteiger partial charge is 0.211 e. The predicted molar refractivity (Wildman–Crippen MR) is 64.5 cm³/mol. The van der Waals surface area contributed by atoms with E-state index in [1.807, 2.05) is 0 Å². The third-order valence-electron chi connectivity index (χ3n) is 2.45. The summed E-state index contributed by atoms with van der Waals surface area (Å²) in [6.45, 7) is 0.545. The SMILES string of the molecule is C[C@H](Sc1nnnn1CC(F)(F)F)c1ccc(F)cc1. The van der Waals surface area contributed by atoms with Crippen LogP contribution < -0.4 is 0 Å². The Balaban J connectivity index is 2.10. The second-order valence-corrected chi connectivity index (χ2v) is 5.35. The Kier molecular flexibility index (Phi) is 4.26. The number of halogens is 4. The van der Waals surface area contributed by atoms with Crippen LogP contribution in [-0.4, -0.2) is 26.4 Å². The van der Waals surface area contributed by atoms with E-state index in [2.05, 4.69) is 15.5 Å². The molecule has 0 aliphatic carbocycles. The lowest BCUT2D eigenvalue weighted by atomic mass is 10.2. The lowest BCUT2D eigenvalue weighted by Crippen LogP contribution is -2.19. The quantitative estimate of drug-likeness (QED) is 0.642. The molecule has 1 atom stereocenters. The zero-order valence-corrected chi connectivity index (χ0v) is 11.1. The van der Waals surface area contributed by atoms with Gasteiger partial charge in [0.2, 0.25) is 5.16 Å². The molecule has 0 bridgehead atoms. The number of rotatable bonds is 4. The average Bonchev–Trinajstić information content (AvgIpc) is 2.75. The van der Waals surface area contributed by atoms with Crippen molar-refractivity contribution in [2.24, 2.45) is 0 Å². The number of nitrogens with zero attached hydrogens (tertiary/aromatic N) is 4. The van der Waals surface area contributed by atoms with Gasteiger partial charge in [-0.2, -0.15) is 13.2 Å². The summed E-state index contributed by atoms with van der Waals surface area (Å²) in [7, 11) is 0. The van der Waals surface area contributed by atoms with E-state index in [1.54, 1.807) is 19.1 Å². The summed E-state index contributed by atoms with van der Waals surface area (Å²) in [4.78, 5) is 0. The molecule has 2 aromatic rings. The van der Waals surface area contributed by atoms with Gasteiger partial charge in [0.1, 0.15) is 12.4 Å². The zero-order chi connectivity index (χ0) is 14.8. The monoisotopic (exact) mass is 306 g/mol. The maximum atomic E-state index is 12.8. The highest BCUT2D eigenvalue weighted by molar-refractivity contribution is 7.99. The lowest BCUT2D eigenvalue weighted by molar-refractivity contribution is -0.144. The molecule has 108 valence electrons. The number of tetrazole rings is 1. The molecular formula is C11H10F4N4S. The van der Waals surface area contributed by atoms with E-state index >= 15 is 0 Å². The number of alkyl halides is 3. The molecule has 0 unspecified atom stereocenters. The van der Waals surface area contributed by atoms with Gasteiger partial charge in [0.25, 0.3) is 0 Å². The molecule has 0 radical (unpaired) electrons. The van der Waals surface area contributed by atoms with Crippen LogP contribution in [0.3, 0.4) is 0 Å². The first-order chi connectivity index (χ1) is 9.35. The fraction of sp³-hybridized carbons (Fsp3) is 0.364. The topological polar surface area (TPSA) is 43.6 Å². The van der Waals surface area contributed by atoms with Gasteiger partial charge in [-0.3, -0.25) is 0 Å². The normalized spacial score (nSPS) is 13.4. The molecule has 0 aliphatic heterocycles. The molecule has 0 N–H and O–H groups in total. The highest BCUT2D eigenvalue weighted by atomic mass is 32.2. The molecule has 4 nitrogen and oxygen atoms in total. The minimum Gasteiger partial charge on any atom is -0.211 e. The maximum Gasteiger partial charge on any atom is 0.408 e. The Labute approximate surface area is 116 Å². The van der Waals surface area contributed by atoms with Crippen molar-refractivity contribution >= 4 is 11.8 Å². The van der Waals surface area contributed by atoms with Crippen LogP contribution in [-0.2, 0) is 6.54 Å². The Morgan fingerprint density at radius 1 is 1.25 bits per heavy atom. The summed E-state index contributed by atoms with van der Waals surface area (Å²) in [5, 5.41) is 10.0. The standard InChI is InChI=1S/C11H10F4N4S/c1-7(8-2-4-9(12)5-3-8)20-10-16-17-18-19(10)6-11(13,14)15/h2-5,7H,6H2,1H3/t7-/m0/s1. The minimum absolute atomic E-state index is 0.0687. The number of hydrogen-bond donors (Lipinski definition) is 0.